The summed E-state index contributed by atoms with van der Waals surface area (Å²) in [5, 5.41) is 0.671. The molecular formula is C18H19N5O. The van der Waals surface area contributed by atoms with Crippen LogP contribution in [0.4, 0.5) is 0 Å². The Morgan fingerprint density at radius 2 is 2.00 bits per heavy atom. The molecule has 2 aromatic heterocycles. The summed E-state index contributed by atoms with van der Waals surface area (Å²) in [6.45, 7) is 1.76. The fraction of sp³-hybridized carbons (Fsp3) is 0.333. The van der Waals surface area contributed by atoms with Gasteiger partial charge in [-0.25, -0.2) is 15.0 Å². The minimum Gasteiger partial charge on any atom is -0.298 e. The highest BCUT2D eigenvalue weighted by molar-refractivity contribution is 5.77. The third-order valence-corrected chi connectivity index (χ3v) is 4.68. The lowest BCUT2D eigenvalue weighted by molar-refractivity contribution is 0.234. The van der Waals surface area contributed by atoms with Crippen molar-refractivity contribution in [1.82, 2.24) is 24.4 Å². The van der Waals surface area contributed by atoms with Crippen molar-refractivity contribution in [2.45, 2.75) is 25.4 Å². The minimum absolute atomic E-state index is 0.0190. The molecule has 1 aliphatic heterocycles. The van der Waals surface area contributed by atoms with E-state index in [1.54, 1.807) is 10.9 Å². The number of para-hydroxylation sites is 1. The standard InChI is InChI=1S/C18H19N5O/c1-22-17(21-15-6-3-2-5-14(15)18(22)24)16-7-4-8-23(16)11-13-9-19-12-20-10-13/h2-3,5-6,9-10,12,16H,4,7-8,11H2,1H3. The molecular weight excluding hydrogens is 302 g/mol. The lowest BCUT2D eigenvalue weighted by Crippen LogP contribution is -2.30. The van der Waals surface area contributed by atoms with Crippen molar-refractivity contribution in [2.75, 3.05) is 6.54 Å². The first-order chi connectivity index (χ1) is 11.7. The molecule has 1 unspecified atom stereocenters. The molecule has 1 fully saturated rings. The monoisotopic (exact) mass is 321 g/mol. The van der Waals surface area contributed by atoms with E-state index in [4.69, 9.17) is 4.98 Å². The smallest absolute Gasteiger partial charge is 0.261 e. The van der Waals surface area contributed by atoms with Gasteiger partial charge in [0.05, 0.1) is 16.9 Å². The Bertz CT molecular complexity index is 922. The normalized spacial score (nSPS) is 18.3. The summed E-state index contributed by atoms with van der Waals surface area (Å²) in [5.41, 5.74) is 1.87. The SMILES string of the molecule is Cn1c(C2CCCN2Cc2cncnc2)nc2ccccc2c1=O. The van der Waals surface area contributed by atoms with Crippen LogP contribution in [-0.4, -0.2) is 31.0 Å². The average Bonchev–Trinajstić information content (AvgIpc) is 3.07. The molecule has 0 N–H and O–H groups in total. The predicted molar refractivity (Wildman–Crippen MR) is 91.4 cm³/mol. The number of aromatic nitrogens is 4. The molecule has 0 amide bonds. The molecule has 1 aliphatic rings. The van der Waals surface area contributed by atoms with Gasteiger partial charge in [0.1, 0.15) is 12.2 Å². The topological polar surface area (TPSA) is 63.9 Å². The average molecular weight is 321 g/mol. The summed E-state index contributed by atoms with van der Waals surface area (Å²) in [6, 6.07) is 7.69. The van der Waals surface area contributed by atoms with E-state index in [2.05, 4.69) is 14.9 Å². The van der Waals surface area contributed by atoms with Gasteiger partial charge in [0.2, 0.25) is 0 Å². The fourth-order valence-corrected chi connectivity index (χ4v) is 3.49. The molecule has 0 spiro atoms. The highest BCUT2D eigenvalue weighted by atomic mass is 16.1. The van der Waals surface area contributed by atoms with Gasteiger partial charge in [-0.15, -0.1) is 0 Å². The number of hydrogen-bond acceptors (Lipinski definition) is 5. The van der Waals surface area contributed by atoms with Crippen molar-refractivity contribution in [1.29, 1.82) is 0 Å². The van der Waals surface area contributed by atoms with Crippen LogP contribution in [0, 0.1) is 0 Å². The zero-order chi connectivity index (χ0) is 16.5. The molecule has 1 saturated heterocycles. The molecule has 3 heterocycles. The summed E-state index contributed by atoms with van der Waals surface area (Å²) in [4.78, 5) is 28.0. The van der Waals surface area contributed by atoms with Crippen molar-refractivity contribution >= 4 is 10.9 Å². The van der Waals surface area contributed by atoms with Gasteiger partial charge in [-0.2, -0.15) is 0 Å². The Hall–Kier alpha value is -2.60. The third kappa shape index (κ3) is 2.59. The second-order valence-corrected chi connectivity index (χ2v) is 6.23. The predicted octanol–water partition coefficient (Wildman–Crippen LogP) is 2.06. The summed E-state index contributed by atoms with van der Waals surface area (Å²) < 4.78 is 1.70. The van der Waals surface area contributed by atoms with Crippen LogP contribution in [0.5, 0.6) is 0 Å². The number of likely N-dealkylation sites (tertiary alicyclic amines) is 1. The van der Waals surface area contributed by atoms with Crippen molar-refractivity contribution in [3.05, 3.63) is 64.7 Å². The maximum Gasteiger partial charge on any atom is 0.261 e. The van der Waals surface area contributed by atoms with Gasteiger partial charge >= 0.3 is 0 Å². The Morgan fingerprint density at radius 1 is 1.21 bits per heavy atom. The number of fused-ring (bicyclic) bond motifs is 1. The molecule has 0 bridgehead atoms. The molecule has 4 rings (SSSR count). The van der Waals surface area contributed by atoms with E-state index < -0.39 is 0 Å². The molecule has 3 aromatic rings. The van der Waals surface area contributed by atoms with Crippen LogP contribution in [0.25, 0.3) is 10.9 Å². The van der Waals surface area contributed by atoms with Gasteiger partial charge in [-0.05, 0) is 31.5 Å². The third-order valence-electron chi connectivity index (χ3n) is 4.68. The summed E-state index contributed by atoms with van der Waals surface area (Å²) >= 11 is 0. The first kappa shape index (κ1) is 15.0. The summed E-state index contributed by atoms with van der Waals surface area (Å²) in [5.74, 6) is 0.841. The first-order valence-electron chi connectivity index (χ1n) is 8.17. The van der Waals surface area contributed by atoms with Crippen LogP contribution in [0.1, 0.15) is 30.3 Å². The van der Waals surface area contributed by atoms with E-state index in [-0.39, 0.29) is 11.6 Å². The zero-order valence-corrected chi connectivity index (χ0v) is 13.6. The van der Waals surface area contributed by atoms with Crippen LogP contribution < -0.4 is 5.56 Å². The van der Waals surface area contributed by atoms with Gasteiger partial charge in [0.25, 0.3) is 5.56 Å². The van der Waals surface area contributed by atoms with Crippen LogP contribution in [0.2, 0.25) is 0 Å². The van der Waals surface area contributed by atoms with Gasteiger partial charge in [-0.3, -0.25) is 14.3 Å². The summed E-state index contributed by atoms with van der Waals surface area (Å²) in [6.07, 6.45) is 7.33. The highest BCUT2D eigenvalue weighted by Crippen LogP contribution is 2.31. The molecule has 1 aromatic carbocycles. The Labute approximate surface area is 139 Å². The second-order valence-electron chi connectivity index (χ2n) is 6.23. The van der Waals surface area contributed by atoms with Gasteiger partial charge in [0.15, 0.2) is 0 Å². The van der Waals surface area contributed by atoms with Crippen LogP contribution in [-0.2, 0) is 13.6 Å². The first-order valence-corrected chi connectivity index (χ1v) is 8.17. The lowest BCUT2D eigenvalue weighted by Gasteiger charge is -2.25. The summed E-state index contributed by atoms with van der Waals surface area (Å²) in [7, 11) is 1.82. The van der Waals surface area contributed by atoms with E-state index >= 15 is 0 Å². The molecule has 6 nitrogen and oxygen atoms in total. The van der Waals surface area contributed by atoms with Gasteiger partial charge in [-0.1, -0.05) is 12.1 Å². The Morgan fingerprint density at radius 3 is 2.83 bits per heavy atom. The van der Waals surface area contributed by atoms with Crippen LogP contribution in [0.3, 0.4) is 0 Å². The molecule has 24 heavy (non-hydrogen) atoms. The number of hydrogen-bond donors (Lipinski definition) is 0. The fourth-order valence-electron chi connectivity index (χ4n) is 3.49. The Balaban J connectivity index is 1.73. The molecule has 0 aliphatic carbocycles. The van der Waals surface area contributed by atoms with E-state index in [1.807, 2.05) is 43.7 Å². The van der Waals surface area contributed by atoms with Crippen LogP contribution >= 0.6 is 0 Å². The maximum atomic E-state index is 12.7. The second kappa shape index (κ2) is 6.13. The largest absolute Gasteiger partial charge is 0.298 e. The molecule has 0 radical (unpaired) electrons. The quantitative estimate of drug-likeness (QED) is 0.739. The Kier molecular flexibility index (Phi) is 3.82. The van der Waals surface area contributed by atoms with E-state index in [1.165, 1.54) is 0 Å². The molecule has 122 valence electrons. The molecule has 6 heteroatoms. The zero-order valence-electron chi connectivity index (χ0n) is 13.6. The highest BCUT2D eigenvalue weighted by Gasteiger charge is 2.29. The molecule has 1 atom stereocenters. The van der Waals surface area contributed by atoms with Crippen molar-refractivity contribution in [3.8, 4) is 0 Å². The number of benzene rings is 1. The molecule has 0 saturated carbocycles. The van der Waals surface area contributed by atoms with E-state index in [9.17, 15) is 4.79 Å². The van der Waals surface area contributed by atoms with Crippen molar-refractivity contribution < 1.29 is 0 Å². The number of nitrogens with zero attached hydrogens (tertiary/aromatic N) is 5. The van der Waals surface area contributed by atoms with Crippen molar-refractivity contribution in [3.63, 3.8) is 0 Å². The van der Waals surface area contributed by atoms with E-state index in [0.717, 1.165) is 42.8 Å². The minimum atomic E-state index is 0.0190. The van der Waals surface area contributed by atoms with E-state index in [0.29, 0.717) is 5.39 Å². The van der Waals surface area contributed by atoms with Gasteiger partial charge in [0, 0.05) is 31.5 Å². The van der Waals surface area contributed by atoms with Crippen molar-refractivity contribution in [2.24, 2.45) is 7.05 Å². The number of rotatable bonds is 3. The maximum absolute atomic E-state index is 12.7. The van der Waals surface area contributed by atoms with Crippen LogP contribution in [0.15, 0.2) is 47.8 Å². The lowest BCUT2D eigenvalue weighted by atomic mass is 10.1. The van der Waals surface area contributed by atoms with Gasteiger partial charge < -0.3 is 0 Å².